The summed E-state index contributed by atoms with van der Waals surface area (Å²) in [5.74, 6) is -3.55. The molecule has 286 valence electrons. The Morgan fingerprint density at radius 2 is 1.45 bits per heavy atom. The van der Waals surface area contributed by atoms with Crippen molar-refractivity contribution in [1.29, 1.82) is 0 Å². The number of amides is 8. The molecule has 53 heavy (non-hydrogen) atoms. The molecule has 0 aromatic heterocycles. The second kappa shape index (κ2) is 20.9. The van der Waals surface area contributed by atoms with E-state index in [1.54, 1.807) is 62.4 Å². The lowest BCUT2D eigenvalue weighted by molar-refractivity contribution is -0.152. The second-order valence-electron chi connectivity index (χ2n) is 12.7. The molecular formula is C36H47N7O10. The van der Waals surface area contributed by atoms with Gasteiger partial charge in [-0.3, -0.25) is 38.5 Å². The van der Waals surface area contributed by atoms with Crippen LogP contribution in [0.15, 0.2) is 48.5 Å². The molecule has 0 aliphatic carbocycles. The number of rotatable bonds is 20. The molecule has 2 aromatic rings. The van der Waals surface area contributed by atoms with Crippen molar-refractivity contribution in [1.82, 2.24) is 20.9 Å². The number of hydrogen-bond donors (Lipinski definition) is 6. The zero-order valence-corrected chi connectivity index (χ0v) is 30.0. The number of β-lactam (4-membered cyclic amide) rings is 1. The van der Waals surface area contributed by atoms with Crippen LogP contribution in [-0.4, -0.2) is 90.7 Å². The zero-order valence-electron chi connectivity index (χ0n) is 30.0. The van der Waals surface area contributed by atoms with Gasteiger partial charge >= 0.3 is 12.0 Å². The van der Waals surface area contributed by atoms with Gasteiger partial charge in [0.05, 0.1) is 0 Å². The number of esters is 1. The smallest absolute Gasteiger partial charge is 0.312 e. The normalized spacial score (nSPS) is 13.2. The Balaban J connectivity index is 1.48. The van der Waals surface area contributed by atoms with Crippen molar-refractivity contribution in [3.63, 3.8) is 0 Å². The van der Waals surface area contributed by atoms with Gasteiger partial charge in [-0.25, -0.2) is 4.79 Å². The molecule has 17 nitrogen and oxygen atoms in total. The van der Waals surface area contributed by atoms with E-state index >= 15 is 0 Å². The number of primary amides is 1. The molecule has 0 bridgehead atoms. The van der Waals surface area contributed by atoms with E-state index in [1.807, 2.05) is 0 Å². The first-order chi connectivity index (χ1) is 25.2. The van der Waals surface area contributed by atoms with Crippen LogP contribution in [0.4, 0.5) is 16.2 Å². The van der Waals surface area contributed by atoms with Gasteiger partial charge in [0.1, 0.15) is 31.9 Å². The minimum atomic E-state index is -1.06. The number of hydrogen-bond acceptors (Lipinski definition) is 10. The maximum absolute atomic E-state index is 13.4. The molecule has 1 unspecified atom stereocenters. The van der Waals surface area contributed by atoms with Crippen molar-refractivity contribution in [3.8, 4) is 0 Å². The third-order valence-corrected chi connectivity index (χ3v) is 8.01. The third kappa shape index (κ3) is 14.7. The molecule has 1 aliphatic rings. The summed E-state index contributed by atoms with van der Waals surface area (Å²) in [4.78, 5) is 98.7. The lowest BCUT2D eigenvalue weighted by Crippen LogP contribution is -2.55. The van der Waals surface area contributed by atoms with E-state index in [-0.39, 0.29) is 37.8 Å². The molecule has 2 atom stereocenters. The molecule has 0 saturated carbocycles. The van der Waals surface area contributed by atoms with Gasteiger partial charge in [0.15, 0.2) is 0 Å². The van der Waals surface area contributed by atoms with E-state index in [1.165, 1.54) is 11.8 Å². The minimum Gasteiger partial charge on any atom is -0.461 e. The van der Waals surface area contributed by atoms with Crippen LogP contribution in [0.25, 0.3) is 0 Å². The number of nitrogens with zero attached hydrogens (tertiary/aromatic N) is 1. The Morgan fingerprint density at radius 3 is 2.02 bits per heavy atom. The predicted molar refractivity (Wildman–Crippen MR) is 192 cm³/mol. The SMILES string of the molecule is CC(=O)OCc1ccc(NC(=O)[C@H](CCCNC(N)=O)NC(=O)C(NC(=O)COCC(=O)Nc2ccc(CCC(=O)N3CCC3=O)cc2)C(C)C)cc1. The summed E-state index contributed by atoms with van der Waals surface area (Å²) < 4.78 is 10.2. The van der Waals surface area contributed by atoms with E-state index in [0.717, 1.165) is 5.56 Å². The molecule has 1 aliphatic heterocycles. The number of ether oxygens (including phenoxy) is 2. The number of imide groups is 1. The van der Waals surface area contributed by atoms with Crippen molar-refractivity contribution >= 4 is 58.8 Å². The van der Waals surface area contributed by atoms with Crippen LogP contribution in [0.1, 0.15) is 57.6 Å². The Hall–Kier alpha value is -5.84. The number of nitrogens with two attached hydrogens (primary N) is 1. The topological polar surface area (TPSA) is 244 Å². The van der Waals surface area contributed by atoms with Crippen LogP contribution < -0.4 is 32.3 Å². The summed E-state index contributed by atoms with van der Waals surface area (Å²) >= 11 is 0. The molecule has 0 radical (unpaired) electrons. The van der Waals surface area contributed by atoms with Gasteiger partial charge in [0.25, 0.3) is 0 Å². The molecule has 17 heteroatoms. The molecule has 0 spiro atoms. The number of nitrogens with one attached hydrogen (secondary N) is 5. The largest absolute Gasteiger partial charge is 0.461 e. The van der Waals surface area contributed by atoms with Gasteiger partial charge in [-0.1, -0.05) is 38.1 Å². The van der Waals surface area contributed by atoms with Gasteiger partial charge < -0.3 is 41.8 Å². The summed E-state index contributed by atoms with van der Waals surface area (Å²) in [7, 11) is 0. The van der Waals surface area contributed by atoms with E-state index in [0.29, 0.717) is 42.7 Å². The summed E-state index contributed by atoms with van der Waals surface area (Å²) in [5, 5.41) is 13.1. The van der Waals surface area contributed by atoms with Crippen molar-refractivity contribution in [3.05, 3.63) is 59.7 Å². The minimum absolute atomic E-state index is 0.0709. The lowest BCUT2D eigenvalue weighted by atomic mass is 10.0. The Morgan fingerprint density at radius 1 is 0.830 bits per heavy atom. The maximum atomic E-state index is 13.4. The van der Waals surface area contributed by atoms with Gasteiger partial charge in [0.2, 0.25) is 35.4 Å². The quantitative estimate of drug-likeness (QED) is 0.0642. The van der Waals surface area contributed by atoms with Crippen molar-refractivity contribution in [2.24, 2.45) is 11.7 Å². The highest BCUT2D eigenvalue weighted by Gasteiger charge is 2.30. The first kappa shape index (κ1) is 41.6. The number of urea groups is 1. The van der Waals surface area contributed by atoms with Crippen LogP contribution in [-0.2, 0) is 56.1 Å². The zero-order chi connectivity index (χ0) is 38.9. The number of aryl methyl sites for hydroxylation is 1. The fraction of sp³-hybridized carbons (Fsp3) is 0.444. The molecule has 2 aromatic carbocycles. The first-order valence-electron chi connectivity index (χ1n) is 17.2. The first-order valence-corrected chi connectivity index (χ1v) is 17.2. The molecule has 1 fully saturated rings. The van der Waals surface area contributed by atoms with Crippen molar-refractivity contribution in [2.75, 3.05) is 36.9 Å². The van der Waals surface area contributed by atoms with E-state index in [2.05, 4.69) is 26.6 Å². The standard InChI is InChI=1S/C36H47N7O10/c1-22(2)33(35(50)41-28(5-4-17-38-36(37)51)34(49)40-27-13-8-25(9-14-27)19-53-23(3)44)42-30(46)21-52-20-29(45)39-26-11-6-24(7-12-26)10-15-31(47)43-18-16-32(43)48/h6-9,11-14,22,28,33H,4-5,10,15-21H2,1-3H3,(H,39,45)(H,40,49)(H,41,50)(H,42,46)(H3,37,38,51)/t28-,33?/m0/s1. The lowest BCUT2D eigenvalue weighted by Gasteiger charge is -2.28. The average molecular weight is 738 g/mol. The van der Waals surface area contributed by atoms with Gasteiger partial charge in [0, 0.05) is 44.2 Å². The summed E-state index contributed by atoms with van der Waals surface area (Å²) in [6, 6.07) is 10.6. The van der Waals surface area contributed by atoms with Crippen LogP contribution in [0.2, 0.25) is 0 Å². The van der Waals surface area contributed by atoms with Gasteiger partial charge in [-0.15, -0.1) is 0 Å². The Labute approximate surface area is 307 Å². The second-order valence-corrected chi connectivity index (χ2v) is 12.7. The number of carbonyl (C=O) groups excluding carboxylic acids is 8. The Bertz CT molecular complexity index is 1630. The number of likely N-dealkylation sites (tertiary alicyclic amines) is 1. The molecular weight excluding hydrogens is 690 g/mol. The van der Waals surface area contributed by atoms with Gasteiger partial charge in [-0.2, -0.15) is 0 Å². The average Bonchev–Trinajstić information content (AvgIpc) is 3.10. The van der Waals surface area contributed by atoms with Crippen LogP contribution >= 0.6 is 0 Å². The maximum Gasteiger partial charge on any atom is 0.312 e. The molecule has 7 N–H and O–H groups in total. The number of carbonyl (C=O) groups is 8. The highest BCUT2D eigenvalue weighted by Crippen LogP contribution is 2.15. The van der Waals surface area contributed by atoms with E-state index < -0.39 is 66.8 Å². The summed E-state index contributed by atoms with van der Waals surface area (Å²) in [6.45, 7) is 4.43. The van der Waals surface area contributed by atoms with E-state index in [9.17, 15) is 38.4 Å². The number of benzene rings is 2. The van der Waals surface area contributed by atoms with Crippen LogP contribution in [0, 0.1) is 5.92 Å². The molecule has 1 heterocycles. The molecule has 1 saturated heterocycles. The number of anilines is 2. The monoisotopic (exact) mass is 737 g/mol. The summed E-state index contributed by atoms with van der Waals surface area (Å²) in [6.07, 6.45) is 1.47. The highest BCUT2D eigenvalue weighted by molar-refractivity contribution is 6.00. The van der Waals surface area contributed by atoms with Crippen molar-refractivity contribution in [2.45, 2.75) is 71.6 Å². The van der Waals surface area contributed by atoms with E-state index in [4.69, 9.17) is 15.2 Å². The summed E-state index contributed by atoms with van der Waals surface area (Å²) in [5.41, 5.74) is 7.59. The van der Waals surface area contributed by atoms with Crippen molar-refractivity contribution < 1.29 is 47.8 Å². The van der Waals surface area contributed by atoms with Crippen LogP contribution in [0.3, 0.4) is 0 Å². The van der Waals surface area contributed by atoms with Gasteiger partial charge in [-0.05, 0) is 60.6 Å². The fourth-order valence-corrected chi connectivity index (χ4v) is 5.05. The predicted octanol–water partition coefficient (Wildman–Crippen LogP) is 1.11. The fourth-order valence-electron chi connectivity index (χ4n) is 5.05. The highest BCUT2D eigenvalue weighted by atomic mass is 16.5. The van der Waals surface area contributed by atoms with Crippen LogP contribution in [0.5, 0.6) is 0 Å². The third-order valence-electron chi connectivity index (χ3n) is 8.01. The molecule has 8 amide bonds. The Kier molecular flexibility index (Phi) is 16.4. The molecule has 3 rings (SSSR count).